The molecule has 8 heteroatoms. The molecule has 0 bridgehead atoms. The summed E-state index contributed by atoms with van der Waals surface area (Å²) < 4.78 is 0. The number of halogens is 1. The summed E-state index contributed by atoms with van der Waals surface area (Å²) in [4.78, 5) is 26.6. The van der Waals surface area contributed by atoms with Crippen LogP contribution in [0.3, 0.4) is 0 Å². The van der Waals surface area contributed by atoms with E-state index in [1.807, 2.05) is 0 Å². The van der Waals surface area contributed by atoms with E-state index in [2.05, 4.69) is 41.7 Å². The Labute approximate surface area is 92.8 Å². The highest BCUT2D eigenvalue weighted by atomic mass is 79.9. The number of nitrogens with zero attached hydrogens (tertiary/aromatic N) is 3. The first kappa shape index (κ1) is 9.97. The van der Waals surface area contributed by atoms with Crippen LogP contribution >= 0.6 is 15.9 Å². The minimum Gasteiger partial charge on any atom is -0.330 e. The van der Waals surface area contributed by atoms with Crippen LogP contribution < -0.4 is 10.6 Å². The molecule has 0 fully saturated rings. The van der Waals surface area contributed by atoms with Crippen LogP contribution in [-0.4, -0.2) is 33.5 Å². The lowest BCUT2D eigenvalue weighted by molar-refractivity contribution is 0.0990. The number of alkyl halides is 1. The zero-order valence-corrected chi connectivity index (χ0v) is 9.04. The van der Waals surface area contributed by atoms with Gasteiger partial charge >= 0.3 is 6.03 Å². The SMILES string of the molecule is O=C1NCC(=O)c2nc(CBr)nnc2N1. The molecule has 1 aliphatic rings. The van der Waals surface area contributed by atoms with Crippen molar-refractivity contribution >= 4 is 33.6 Å². The first-order chi connectivity index (χ1) is 7.20. The lowest BCUT2D eigenvalue weighted by Gasteiger charge is -2.02. The number of anilines is 1. The Bertz CT molecular complexity index is 435. The molecule has 2 heterocycles. The molecule has 0 aliphatic carbocycles. The van der Waals surface area contributed by atoms with E-state index >= 15 is 0 Å². The van der Waals surface area contributed by atoms with Gasteiger partial charge in [-0.3, -0.25) is 10.1 Å². The summed E-state index contributed by atoms with van der Waals surface area (Å²) in [5, 5.41) is 12.6. The van der Waals surface area contributed by atoms with Crippen LogP contribution in [0.2, 0.25) is 0 Å². The van der Waals surface area contributed by atoms with Gasteiger partial charge in [-0.2, -0.15) is 0 Å². The first-order valence-electron chi connectivity index (χ1n) is 4.08. The van der Waals surface area contributed by atoms with Crippen LogP contribution in [0.15, 0.2) is 0 Å². The largest absolute Gasteiger partial charge is 0.330 e. The number of carbonyl (C=O) groups is 2. The number of Topliss-reactive ketones (excluding diaryl/α,β-unsaturated/α-hetero) is 1. The highest BCUT2D eigenvalue weighted by Crippen LogP contribution is 2.12. The minimum atomic E-state index is -0.482. The summed E-state index contributed by atoms with van der Waals surface area (Å²) in [7, 11) is 0. The number of urea groups is 1. The van der Waals surface area contributed by atoms with Gasteiger partial charge in [0.2, 0.25) is 5.78 Å². The topological polar surface area (TPSA) is 96.9 Å². The maximum atomic E-state index is 11.5. The molecule has 0 aromatic carbocycles. The van der Waals surface area contributed by atoms with E-state index in [-0.39, 0.29) is 23.8 Å². The van der Waals surface area contributed by atoms with Gasteiger partial charge in [-0.15, -0.1) is 10.2 Å². The second kappa shape index (κ2) is 3.89. The fraction of sp³-hybridized carbons (Fsp3) is 0.286. The number of hydrogen-bond donors (Lipinski definition) is 2. The molecule has 0 unspecified atom stereocenters. The predicted octanol–water partition coefficient (Wildman–Crippen LogP) is 0.0843. The molecule has 0 spiro atoms. The van der Waals surface area contributed by atoms with E-state index in [0.29, 0.717) is 11.2 Å². The molecular formula is C7H6BrN5O2. The Morgan fingerprint density at radius 1 is 1.33 bits per heavy atom. The van der Waals surface area contributed by atoms with Crippen LogP contribution in [0.25, 0.3) is 0 Å². The zero-order valence-electron chi connectivity index (χ0n) is 7.45. The Morgan fingerprint density at radius 2 is 2.13 bits per heavy atom. The van der Waals surface area contributed by atoms with Gasteiger partial charge in [0, 0.05) is 0 Å². The highest BCUT2D eigenvalue weighted by molar-refractivity contribution is 9.08. The summed E-state index contributed by atoms with van der Waals surface area (Å²) in [5.41, 5.74) is 0.137. The number of carbonyl (C=O) groups excluding carboxylic acids is 2. The summed E-state index contributed by atoms with van der Waals surface area (Å²) in [5.74, 6) is 0.207. The van der Waals surface area contributed by atoms with E-state index in [1.54, 1.807) is 0 Å². The van der Waals surface area contributed by atoms with E-state index in [0.717, 1.165) is 0 Å². The number of rotatable bonds is 1. The molecular weight excluding hydrogens is 266 g/mol. The molecule has 2 N–H and O–H groups in total. The molecule has 1 aliphatic heterocycles. The Hall–Kier alpha value is -1.57. The van der Waals surface area contributed by atoms with Crippen LogP contribution in [-0.2, 0) is 5.33 Å². The van der Waals surface area contributed by atoms with Crippen molar-refractivity contribution in [3.8, 4) is 0 Å². The fourth-order valence-electron chi connectivity index (χ4n) is 1.09. The maximum Gasteiger partial charge on any atom is 0.320 e. The third-order valence-corrected chi connectivity index (χ3v) is 2.26. The number of ketones is 1. The van der Waals surface area contributed by atoms with Crippen LogP contribution in [0.4, 0.5) is 10.6 Å². The third-order valence-electron chi connectivity index (χ3n) is 1.76. The van der Waals surface area contributed by atoms with Gasteiger partial charge in [0.15, 0.2) is 17.3 Å². The van der Waals surface area contributed by atoms with E-state index in [4.69, 9.17) is 0 Å². The van der Waals surface area contributed by atoms with Gasteiger partial charge in [0.1, 0.15) is 0 Å². The highest BCUT2D eigenvalue weighted by Gasteiger charge is 2.22. The first-order valence-corrected chi connectivity index (χ1v) is 5.20. The normalized spacial score (nSPS) is 15.0. The van der Waals surface area contributed by atoms with Crippen molar-refractivity contribution in [3.05, 3.63) is 11.5 Å². The summed E-state index contributed by atoms with van der Waals surface area (Å²) >= 11 is 3.16. The second-order valence-electron chi connectivity index (χ2n) is 2.79. The van der Waals surface area contributed by atoms with Crippen molar-refractivity contribution in [1.29, 1.82) is 0 Å². The van der Waals surface area contributed by atoms with Gasteiger partial charge in [0.05, 0.1) is 11.9 Å². The van der Waals surface area contributed by atoms with Crippen molar-refractivity contribution < 1.29 is 9.59 Å². The van der Waals surface area contributed by atoms with Crippen LogP contribution in [0.1, 0.15) is 16.3 Å². The van der Waals surface area contributed by atoms with Gasteiger partial charge in [0.25, 0.3) is 0 Å². The molecule has 1 aromatic heterocycles. The van der Waals surface area contributed by atoms with E-state index in [1.165, 1.54) is 0 Å². The van der Waals surface area contributed by atoms with Crippen LogP contribution in [0, 0.1) is 0 Å². The molecule has 0 saturated carbocycles. The second-order valence-corrected chi connectivity index (χ2v) is 3.35. The monoisotopic (exact) mass is 271 g/mol. The molecule has 7 nitrogen and oxygen atoms in total. The Kier molecular flexibility index (Phi) is 2.58. The number of aromatic nitrogens is 3. The molecule has 78 valence electrons. The van der Waals surface area contributed by atoms with Gasteiger partial charge in [-0.05, 0) is 0 Å². The molecule has 2 amide bonds. The lowest BCUT2D eigenvalue weighted by Crippen LogP contribution is -2.29. The minimum absolute atomic E-state index is 0.0841. The van der Waals surface area contributed by atoms with Crippen molar-refractivity contribution in [3.63, 3.8) is 0 Å². The molecule has 2 rings (SSSR count). The number of hydrogen-bond acceptors (Lipinski definition) is 5. The van der Waals surface area contributed by atoms with Crippen molar-refractivity contribution in [2.75, 3.05) is 11.9 Å². The molecule has 0 saturated heterocycles. The Morgan fingerprint density at radius 3 is 2.87 bits per heavy atom. The van der Waals surface area contributed by atoms with Crippen molar-refractivity contribution in [2.24, 2.45) is 0 Å². The van der Waals surface area contributed by atoms with Gasteiger partial charge < -0.3 is 5.32 Å². The number of nitrogens with one attached hydrogen (secondary N) is 2. The molecule has 1 aromatic rings. The fourth-order valence-corrected chi connectivity index (χ4v) is 1.33. The van der Waals surface area contributed by atoms with Gasteiger partial charge in [-0.25, -0.2) is 9.78 Å². The summed E-state index contributed by atoms with van der Waals surface area (Å²) in [6, 6.07) is -0.482. The summed E-state index contributed by atoms with van der Waals surface area (Å²) in [6.45, 7) is -0.0841. The van der Waals surface area contributed by atoms with E-state index < -0.39 is 6.03 Å². The Balaban J connectivity index is 2.48. The average Bonchev–Trinajstić information content (AvgIpc) is 2.39. The molecule has 15 heavy (non-hydrogen) atoms. The quantitative estimate of drug-likeness (QED) is 0.706. The zero-order chi connectivity index (χ0) is 10.8. The lowest BCUT2D eigenvalue weighted by atomic mass is 10.3. The average molecular weight is 272 g/mol. The predicted molar refractivity (Wildman–Crippen MR) is 53.8 cm³/mol. The molecule has 0 atom stereocenters. The molecule has 0 radical (unpaired) electrons. The maximum absolute atomic E-state index is 11.5. The summed E-state index contributed by atoms with van der Waals surface area (Å²) in [6.07, 6.45) is 0. The van der Waals surface area contributed by atoms with Crippen molar-refractivity contribution in [1.82, 2.24) is 20.5 Å². The van der Waals surface area contributed by atoms with Crippen LogP contribution in [0.5, 0.6) is 0 Å². The van der Waals surface area contributed by atoms with Gasteiger partial charge in [-0.1, -0.05) is 15.9 Å². The number of fused-ring (bicyclic) bond motifs is 1. The van der Waals surface area contributed by atoms with E-state index in [9.17, 15) is 9.59 Å². The van der Waals surface area contributed by atoms with Crippen molar-refractivity contribution in [2.45, 2.75) is 5.33 Å². The standard InChI is InChI=1S/C7H6BrN5O2/c8-1-4-10-5-3(14)2-9-7(15)11-6(5)13-12-4/h1-2H2,(H2,9,11,13,15). The smallest absolute Gasteiger partial charge is 0.320 e. The third kappa shape index (κ3) is 1.94. The number of amides is 2.